The molecule has 8 bridgehead atoms. The number of fused-ring (bicyclic) bond motifs is 8. The first-order valence-electron chi connectivity index (χ1n) is 7.85. The Morgan fingerprint density at radius 1 is 0.480 bits per heavy atom. The molecule has 0 unspecified atom stereocenters. The van der Waals surface area contributed by atoms with Gasteiger partial charge < -0.3 is 9.97 Å². The minimum atomic E-state index is 0. The zero-order chi connectivity index (χ0) is 15.9. The van der Waals surface area contributed by atoms with Gasteiger partial charge in [-0.3, -0.25) is 0 Å². The van der Waals surface area contributed by atoms with Gasteiger partial charge in [0.2, 0.25) is 0 Å². The molecule has 0 aliphatic carbocycles. The molecule has 122 valence electrons. The number of aromatic amines is 2. The van der Waals surface area contributed by atoms with Crippen LogP contribution < -0.4 is 0 Å². The van der Waals surface area contributed by atoms with Crippen LogP contribution in [-0.4, -0.2) is 19.9 Å². The molecular formula is C20H14FeN4. The molecule has 5 heterocycles. The van der Waals surface area contributed by atoms with E-state index in [0.29, 0.717) is 0 Å². The van der Waals surface area contributed by atoms with Gasteiger partial charge in [0.15, 0.2) is 0 Å². The average Bonchev–Trinajstić information content (AvgIpc) is 3.32. The number of aromatic nitrogens is 4. The van der Waals surface area contributed by atoms with Gasteiger partial charge in [-0.15, -0.1) is 0 Å². The van der Waals surface area contributed by atoms with Crippen molar-refractivity contribution in [2.45, 2.75) is 0 Å². The van der Waals surface area contributed by atoms with E-state index < -0.39 is 0 Å². The Balaban J connectivity index is 0.00000157. The molecule has 2 aliphatic heterocycles. The SMILES string of the molecule is C1=Cc2cc3ccc(cc4ccc(cc5nc(cc1n2)C=C5)[nH]4)[nH]3.[Fe]. The van der Waals surface area contributed by atoms with Gasteiger partial charge in [-0.2, -0.15) is 0 Å². The van der Waals surface area contributed by atoms with E-state index in [9.17, 15) is 0 Å². The van der Waals surface area contributed by atoms with Crippen molar-refractivity contribution in [3.05, 3.63) is 71.3 Å². The number of H-pyrrole nitrogens is 2. The van der Waals surface area contributed by atoms with Crippen molar-refractivity contribution in [1.82, 2.24) is 19.9 Å². The van der Waals surface area contributed by atoms with E-state index in [-0.39, 0.29) is 17.1 Å². The average molecular weight is 366 g/mol. The maximum Gasteiger partial charge on any atom is 0.0659 e. The van der Waals surface area contributed by atoms with E-state index in [1.807, 2.05) is 42.5 Å². The zero-order valence-corrected chi connectivity index (χ0v) is 14.3. The van der Waals surface area contributed by atoms with Crippen molar-refractivity contribution in [3.8, 4) is 0 Å². The van der Waals surface area contributed by atoms with Crippen LogP contribution in [0.3, 0.4) is 0 Å². The van der Waals surface area contributed by atoms with Crippen LogP contribution in [0.25, 0.3) is 46.4 Å². The van der Waals surface area contributed by atoms with Crippen LogP contribution in [0.5, 0.6) is 0 Å². The van der Waals surface area contributed by atoms with Crippen LogP contribution in [0.15, 0.2) is 48.5 Å². The molecule has 2 aliphatic rings. The second-order valence-corrected chi connectivity index (χ2v) is 5.91. The minimum Gasteiger partial charge on any atom is -0.355 e. The molecule has 0 spiro atoms. The van der Waals surface area contributed by atoms with Crippen molar-refractivity contribution >= 4 is 46.4 Å². The van der Waals surface area contributed by atoms with E-state index in [1.54, 1.807) is 0 Å². The topological polar surface area (TPSA) is 57.4 Å². The van der Waals surface area contributed by atoms with Gasteiger partial charge in [-0.05, 0) is 72.8 Å². The summed E-state index contributed by atoms with van der Waals surface area (Å²) in [6.07, 6.45) is 8.05. The van der Waals surface area contributed by atoms with Crippen LogP contribution in [0.1, 0.15) is 22.8 Å². The molecule has 3 aromatic rings. The van der Waals surface area contributed by atoms with E-state index in [4.69, 9.17) is 0 Å². The Bertz CT molecular complexity index is 1080. The van der Waals surface area contributed by atoms with Gasteiger partial charge in [0.1, 0.15) is 0 Å². The summed E-state index contributed by atoms with van der Waals surface area (Å²) in [5.41, 5.74) is 7.86. The first-order valence-corrected chi connectivity index (χ1v) is 7.85. The minimum absolute atomic E-state index is 0. The van der Waals surface area contributed by atoms with E-state index in [0.717, 1.165) is 44.8 Å². The fourth-order valence-electron chi connectivity index (χ4n) is 2.94. The molecule has 2 N–H and O–H groups in total. The Kier molecular flexibility index (Phi) is 3.88. The molecule has 0 aromatic carbocycles. The molecule has 0 saturated carbocycles. The Hall–Kier alpha value is -2.88. The van der Waals surface area contributed by atoms with Gasteiger partial charge in [0.25, 0.3) is 0 Å². The summed E-state index contributed by atoms with van der Waals surface area (Å²) in [7, 11) is 0. The summed E-state index contributed by atoms with van der Waals surface area (Å²) in [6, 6.07) is 16.4. The summed E-state index contributed by atoms with van der Waals surface area (Å²) < 4.78 is 0. The van der Waals surface area contributed by atoms with Crippen molar-refractivity contribution in [2.24, 2.45) is 0 Å². The third kappa shape index (κ3) is 3.20. The molecule has 5 heteroatoms. The van der Waals surface area contributed by atoms with Crippen LogP contribution in [0, 0.1) is 0 Å². The zero-order valence-electron chi connectivity index (χ0n) is 13.2. The Morgan fingerprint density at radius 2 is 0.840 bits per heavy atom. The maximum absolute atomic E-state index is 4.62. The molecule has 3 aromatic heterocycles. The molecule has 5 rings (SSSR count). The van der Waals surface area contributed by atoms with Crippen LogP contribution in [0.2, 0.25) is 0 Å². The monoisotopic (exact) mass is 366 g/mol. The summed E-state index contributed by atoms with van der Waals surface area (Å²) >= 11 is 0. The molecule has 0 radical (unpaired) electrons. The van der Waals surface area contributed by atoms with Gasteiger partial charge in [0.05, 0.1) is 22.8 Å². The van der Waals surface area contributed by atoms with E-state index in [1.165, 1.54) is 0 Å². The van der Waals surface area contributed by atoms with E-state index in [2.05, 4.69) is 50.3 Å². The second-order valence-electron chi connectivity index (χ2n) is 5.91. The number of rotatable bonds is 0. The van der Waals surface area contributed by atoms with Crippen molar-refractivity contribution in [1.29, 1.82) is 0 Å². The summed E-state index contributed by atoms with van der Waals surface area (Å²) in [6.45, 7) is 0. The van der Waals surface area contributed by atoms with Gasteiger partial charge in [0, 0.05) is 39.1 Å². The molecule has 4 nitrogen and oxygen atoms in total. The predicted octanol–water partition coefficient (Wildman–Crippen LogP) is 4.65. The fourth-order valence-corrected chi connectivity index (χ4v) is 2.94. The van der Waals surface area contributed by atoms with Crippen molar-refractivity contribution < 1.29 is 17.1 Å². The molecular weight excluding hydrogens is 352 g/mol. The van der Waals surface area contributed by atoms with E-state index >= 15 is 0 Å². The Morgan fingerprint density at radius 3 is 1.28 bits per heavy atom. The number of nitrogens with one attached hydrogen (secondary N) is 2. The summed E-state index contributed by atoms with van der Waals surface area (Å²) in [4.78, 5) is 16.0. The van der Waals surface area contributed by atoms with Crippen LogP contribution >= 0.6 is 0 Å². The second kappa shape index (κ2) is 6.20. The maximum atomic E-state index is 4.62. The van der Waals surface area contributed by atoms with Gasteiger partial charge in [-0.25, -0.2) is 9.97 Å². The van der Waals surface area contributed by atoms with Gasteiger partial charge in [-0.1, -0.05) is 0 Å². The normalized spacial score (nSPS) is 12.2. The van der Waals surface area contributed by atoms with Crippen LogP contribution in [-0.2, 0) is 17.1 Å². The standard InChI is InChI=1S/C20H14N4.Fe/c1-2-14-10-16-5-6-18(23-16)12-20-8-7-19(24-20)11-17-4-3-15(22-17)9-13(1)21-14;/h1-12,21-22H;. The molecule has 25 heavy (non-hydrogen) atoms. The summed E-state index contributed by atoms with van der Waals surface area (Å²) in [5, 5.41) is 0. The third-order valence-corrected chi connectivity index (χ3v) is 4.04. The van der Waals surface area contributed by atoms with Gasteiger partial charge >= 0.3 is 0 Å². The van der Waals surface area contributed by atoms with Crippen molar-refractivity contribution in [3.63, 3.8) is 0 Å². The van der Waals surface area contributed by atoms with Crippen LogP contribution in [0.4, 0.5) is 0 Å². The quantitative estimate of drug-likeness (QED) is 0.392. The number of nitrogens with zero attached hydrogens (tertiary/aromatic N) is 2. The third-order valence-electron chi connectivity index (χ3n) is 4.04. The fraction of sp³-hybridized carbons (Fsp3) is 0. The molecule has 0 saturated heterocycles. The molecule has 0 amide bonds. The first-order chi connectivity index (χ1) is 11.8. The summed E-state index contributed by atoms with van der Waals surface area (Å²) in [5.74, 6) is 0. The smallest absolute Gasteiger partial charge is 0.0659 e. The predicted molar refractivity (Wildman–Crippen MR) is 98.9 cm³/mol. The van der Waals surface area contributed by atoms with Crippen molar-refractivity contribution in [2.75, 3.05) is 0 Å². The Labute approximate surface area is 154 Å². The molecule has 0 fully saturated rings. The largest absolute Gasteiger partial charge is 0.355 e. The number of hydrogen-bond acceptors (Lipinski definition) is 2. The molecule has 0 atom stereocenters. The first kappa shape index (κ1) is 15.6. The number of hydrogen-bond donors (Lipinski definition) is 2.